The van der Waals surface area contributed by atoms with Crippen LogP contribution in [0.1, 0.15) is 20.3 Å². The zero-order valence-corrected chi connectivity index (χ0v) is 8.41. The summed E-state index contributed by atoms with van der Waals surface area (Å²) in [5.74, 6) is 0.283. The summed E-state index contributed by atoms with van der Waals surface area (Å²) >= 11 is 2.23. The van der Waals surface area contributed by atoms with Crippen LogP contribution in [-0.4, -0.2) is 21.4 Å². The summed E-state index contributed by atoms with van der Waals surface area (Å²) in [6.07, 6.45) is 0.717. The number of halogens is 1. The molecule has 1 N–H and O–H groups in total. The molecule has 0 saturated carbocycles. The van der Waals surface area contributed by atoms with Crippen LogP contribution < -0.4 is 0 Å². The van der Waals surface area contributed by atoms with Crippen LogP contribution in [0.4, 0.5) is 0 Å². The summed E-state index contributed by atoms with van der Waals surface area (Å²) < 4.78 is 5.66. The molecule has 0 unspecified atom stereocenters. The number of rotatable bonds is 1. The summed E-state index contributed by atoms with van der Waals surface area (Å²) in [6.45, 7) is 4.06. The second kappa shape index (κ2) is 3.36. The van der Waals surface area contributed by atoms with Gasteiger partial charge < -0.3 is 9.84 Å². The first-order chi connectivity index (χ1) is 4.66. The van der Waals surface area contributed by atoms with Crippen LogP contribution in [0.3, 0.4) is 0 Å². The molecule has 0 aromatic heterocycles. The zero-order chi connectivity index (χ0) is 7.72. The van der Waals surface area contributed by atoms with E-state index in [1.165, 1.54) is 0 Å². The van der Waals surface area contributed by atoms with Gasteiger partial charge in [0.15, 0.2) is 0 Å². The van der Waals surface area contributed by atoms with Crippen molar-refractivity contribution in [3.63, 3.8) is 0 Å². The van der Waals surface area contributed by atoms with Crippen molar-refractivity contribution in [1.82, 2.24) is 0 Å². The highest BCUT2D eigenvalue weighted by atomic mass is 127. The lowest BCUT2D eigenvalue weighted by atomic mass is 10.0. The van der Waals surface area contributed by atoms with Gasteiger partial charge >= 0.3 is 0 Å². The Kier molecular flexibility index (Phi) is 2.94. The molecule has 60 valence electrons. The minimum absolute atomic E-state index is 0.0666. The van der Waals surface area contributed by atoms with E-state index in [0.29, 0.717) is 0 Å². The molecule has 1 aliphatic rings. The predicted octanol–water partition coefficient (Wildman–Crippen LogP) is 1.55. The van der Waals surface area contributed by atoms with Crippen molar-refractivity contribution in [2.24, 2.45) is 5.92 Å². The van der Waals surface area contributed by atoms with E-state index < -0.39 is 0 Å². The highest BCUT2D eigenvalue weighted by molar-refractivity contribution is 14.1. The maximum Gasteiger partial charge on any atom is 0.114 e. The molecule has 0 aliphatic carbocycles. The number of aliphatic hydroxyl groups is 1. The molecule has 1 saturated heterocycles. The molecule has 2 nitrogen and oxygen atoms in total. The lowest BCUT2D eigenvalue weighted by molar-refractivity contribution is 0.0341. The average molecular weight is 256 g/mol. The predicted molar refractivity (Wildman–Crippen MR) is 48.1 cm³/mol. The van der Waals surface area contributed by atoms with Crippen LogP contribution in [0.5, 0.6) is 0 Å². The Labute approximate surface area is 75.1 Å². The quantitative estimate of drug-likeness (QED) is 0.569. The minimum Gasteiger partial charge on any atom is -0.390 e. The maximum atomic E-state index is 9.50. The van der Waals surface area contributed by atoms with Crippen LogP contribution in [0, 0.1) is 5.92 Å². The van der Waals surface area contributed by atoms with Gasteiger partial charge in [-0.15, -0.1) is 0 Å². The van der Waals surface area contributed by atoms with E-state index in [1.807, 2.05) is 13.8 Å². The Balaban J connectivity index is 2.53. The Bertz CT molecular complexity index is 118. The van der Waals surface area contributed by atoms with Gasteiger partial charge in [0, 0.05) is 5.92 Å². The van der Waals surface area contributed by atoms with Gasteiger partial charge in [-0.1, -0.05) is 36.4 Å². The van der Waals surface area contributed by atoms with Crippen molar-refractivity contribution < 1.29 is 9.84 Å². The fourth-order valence-corrected chi connectivity index (χ4v) is 2.01. The largest absolute Gasteiger partial charge is 0.390 e. The monoisotopic (exact) mass is 256 g/mol. The molecule has 1 heterocycles. The summed E-state index contributed by atoms with van der Waals surface area (Å²) in [5.41, 5.74) is 0. The molecular formula is C7H13IO2. The Morgan fingerprint density at radius 3 is 2.40 bits per heavy atom. The normalized spacial score (nSPS) is 48.0. The van der Waals surface area contributed by atoms with Crippen molar-refractivity contribution in [3.8, 4) is 0 Å². The smallest absolute Gasteiger partial charge is 0.114 e. The van der Waals surface area contributed by atoms with E-state index in [2.05, 4.69) is 22.6 Å². The molecule has 1 rings (SSSR count). The van der Waals surface area contributed by atoms with Gasteiger partial charge in [-0.3, -0.25) is 0 Å². The third kappa shape index (κ3) is 1.46. The lowest BCUT2D eigenvalue weighted by Crippen LogP contribution is -2.24. The molecule has 4 atom stereocenters. The van der Waals surface area contributed by atoms with Gasteiger partial charge in [-0.25, -0.2) is 0 Å². The van der Waals surface area contributed by atoms with Crippen LogP contribution in [0.15, 0.2) is 0 Å². The van der Waals surface area contributed by atoms with Crippen molar-refractivity contribution in [2.75, 3.05) is 0 Å². The van der Waals surface area contributed by atoms with Gasteiger partial charge in [0.25, 0.3) is 0 Å². The first-order valence-electron chi connectivity index (χ1n) is 3.64. The minimum atomic E-state index is -0.258. The van der Waals surface area contributed by atoms with Crippen LogP contribution in [0.25, 0.3) is 0 Å². The van der Waals surface area contributed by atoms with Crippen LogP contribution >= 0.6 is 22.6 Å². The van der Waals surface area contributed by atoms with E-state index in [1.54, 1.807) is 0 Å². The van der Waals surface area contributed by atoms with Gasteiger partial charge in [-0.05, 0) is 6.42 Å². The molecule has 0 amide bonds. The zero-order valence-electron chi connectivity index (χ0n) is 6.25. The third-order valence-electron chi connectivity index (χ3n) is 2.04. The average Bonchev–Trinajstić information content (AvgIpc) is 2.17. The molecule has 0 radical (unpaired) electrons. The molecule has 1 aliphatic heterocycles. The van der Waals surface area contributed by atoms with Crippen molar-refractivity contribution in [1.29, 1.82) is 0 Å². The van der Waals surface area contributed by atoms with Crippen molar-refractivity contribution >= 4 is 22.6 Å². The summed E-state index contributed by atoms with van der Waals surface area (Å²) in [5, 5.41) is 9.50. The number of hydrogen-bond donors (Lipinski definition) is 1. The van der Waals surface area contributed by atoms with Crippen LogP contribution in [0.2, 0.25) is 0 Å². The fourth-order valence-electron chi connectivity index (χ4n) is 1.20. The van der Waals surface area contributed by atoms with E-state index in [9.17, 15) is 5.11 Å². The third-order valence-corrected chi connectivity index (χ3v) is 3.47. The summed E-state index contributed by atoms with van der Waals surface area (Å²) in [4.78, 5) is 0. The van der Waals surface area contributed by atoms with Gasteiger partial charge in [0.2, 0.25) is 0 Å². The highest BCUT2D eigenvalue weighted by Gasteiger charge is 2.37. The molecule has 0 aromatic carbocycles. The standard InChI is InChI=1S/C7H13IO2/c1-3-5-6(9)4(2)7(8)10-5/h4-7,9H,3H2,1-2H3/t4-,5-,6+,7-/m1/s1. The highest BCUT2D eigenvalue weighted by Crippen LogP contribution is 2.31. The van der Waals surface area contributed by atoms with Crippen molar-refractivity contribution in [3.05, 3.63) is 0 Å². The van der Waals surface area contributed by atoms with E-state index in [4.69, 9.17) is 4.74 Å². The Morgan fingerprint density at radius 2 is 2.20 bits per heavy atom. The fraction of sp³-hybridized carbons (Fsp3) is 1.00. The van der Waals surface area contributed by atoms with Crippen LogP contribution in [-0.2, 0) is 4.74 Å². The van der Waals surface area contributed by atoms with E-state index in [0.717, 1.165) is 6.42 Å². The summed E-state index contributed by atoms with van der Waals surface area (Å²) in [7, 11) is 0. The Hall–Kier alpha value is 0.650. The number of alkyl halides is 1. The van der Waals surface area contributed by atoms with Crippen molar-refractivity contribution in [2.45, 2.75) is 36.6 Å². The first kappa shape index (κ1) is 8.74. The van der Waals surface area contributed by atoms with E-state index in [-0.39, 0.29) is 22.2 Å². The topological polar surface area (TPSA) is 29.5 Å². The molecule has 0 bridgehead atoms. The van der Waals surface area contributed by atoms with Gasteiger partial charge in [0.1, 0.15) is 4.11 Å². The first-order valence-corrected chi connectivity index (χ1v) is 4.89. The Morgan fingerprint density at radius 1 is 1.60 bits per heavy atom. The van der Waals surface area contributed by atoms with Gasteiger partial charge in [-0.2, -0.15) is 0 Å². The number of hydrogen-bond acceptors (Lipinski definition) is 2. The lowest BCUT2D eigenvalue weighted by Gasteiger charge is -2.11. The molecule has 0 spiro atoms. The van der Waals surface area contributed by atoms with Gasteiger partial charge in [0.05, 0.1) is 12.2 Å². The molecular weight excluding hydrogens is 243 g/mol. The maximum absolute atomic E-state index is 9.50. The SMILES string of the molecule is CC[C@H]1O[C@@H](I)[C@H](C)[C@@H]1O. The molecule has 1 fully saturated rings. The number of ether oxygens (including phenoxy) is 1. The molecule has 3 heteroatoms. The number of aliphatic hydroxyl groups excluding tert-OH is 1. The second-order valence-corrected chi connectivity index (χ2v) is 4.01. The molecule has 0 aromatic rings. The second-order valence-electron chi connectivity index (χ2n) is 2.78. The molecule has 10 heavy (non-hydrogen) atoms. The van der Waals surface area contributed by atoms with E-state index >= 15 is 0 Å². The summed E-state index contributed by atoms with van der Waals surface area (Å²) in [6, 6.07) is 0.